The smallest absolute Gasteiger partial charge is 0.389 e. The van der Waals surface area contributed by atoms with Crippen LogP contribution in [0.1, 0.15) is 32.3 Å². The number of fused-ring (bicyclic) bond motifs is 1. The van der Waals surface area contributed by atoms with Gasteiger partial charge in [0.05, 0.1) is 12.5 Å². The molecular weight excluding hydrogens is 400 g/mol. The van der Waals surface area contributed by atoms with E-state index in [4.69, 9.17) is 16.3 Å². The summed E-state index contributed by atoms with van der Waals surface area (Å²) in [6.45, 7) is 9.89. The van der Waals surface area contributed by atoms with Crippen molar-refractivity contribution in [2.45, 2.75) is 39.8 Å². The van der Waals surface area contributed by atoms with Crippen molar-refractivity contribution in [1.82, 2.24) is 19.4 Å². The van der Waals surface area contributed by atoms with E-state index >= 15 is 0 Å². The topological polar surface area (TPSA) is 50.6 Å². The molecule has 1 saturated carbocycles. The number of nitrogens with zero attached hydrogens (tertiary/aromatic N) is 4. The van der Waals surface area contributed by atoms with E-state index in [2.05, 4.69) is 23.7 Å². The Kier molecular flexibility index (Phi) is 6.64. The first kappa shape index (κ1) is 21.2. The van der Waals surface area contributed by atoms with Gasteiger partial charge in [0.25, 0.3) is 0 Å². The number of aromatic nitrogens is 2. The number of likely N-dealkylation sites (tertiary alicyclic amines) is 1. The molecule has 1 saturated heterocycles. The van der Waals surface area contributed by atoms with Crippen LogP contribution in [0.2, 0.25) is 5.02 Å². The lowest BCUT2D eigenvalue weighted by Crippen LogP contribution is -2.37. The second-order valence-corrected chi connectivity index (χ2v) is 9.02. The predicted molar refractivity (Wildman–Crippen MR) is 118 cm³/mol. The molecule has 1 aliphatic carbocycles. The van der Waals surface area contributed by atoms with Crippen molar-refractivity contribution >= 4 is 17.7 Å². The molecule has 1 aromatic heterocycles. The highest BCUT2D eigenvalue weighted by Crippen LogP contribution is 2.52. The number of carbonyl (C=O) groups is 1. The molecule has 0 radical (unpaired) electrons. The summed E-state index contributed by atoms with van der Waals surface area (Å²) in [5.41, 5.74) is 1.01. The summed E-state index contributed by atoms with van der Waals surface area (Å²) < 4.78 is 7.57. The van der Waals surface area contributed by atoms with E-state index < -0.39 is 0 Å². The minimum atomic E-state index is -0.341. The van der Waals surface area contributed by atoms with Gasteiger partial charge in [-0.2, -0.15) is 0 Å². The Hall–Kier alpha value is -2.05. The molecule has 0 spiro atoms. The third kappa shape index (κ3) is 4.98. The molecule has 4 rings (SSSR count). The molecule has 2 aromatic rings. The highest BCUT2D eigenvalue weighted by atomic mass is 35.5. The SMILES string of the molecule is CCCN1CC2C(C1)C2CN(Cc1cccc(Cl)c1)C(=O)Oc1cn(CCC)cn1. The van der Waals surface area contributed by atoms with Crippen LogP contribution in [-0.2, 0) is 13.1 Å². The molecule has 0 bridgehead atoms. The average molecular weight is 431 g/mol. The third-order valence-electron chi connectivity index (χ3n) is 6.22. The first-order valence-electron chi connectivity index (χ1n) is 11.0. The van der Waals surface area contributed by atoms with Crippen molar-refractivity contribution in [2.75, 3.05) is 26.2 Å². The molecule has 1 aromatic carbocycles. The zero-order valence-electron chi connectivity index (χ0n) is 17.8. The number of hydrogen-bond acceptors (Lipinski definition) is 4. The van der Waals surface area contributed by atoms with Crippen LogP contribution in [-0.4, -0.2) is 51.6 Å². The van der Waals surface area contributed by atoms with Crippen molar-refractivity contribution in [3.63, 3.8) is 0 Å². The Morgan fingerprint density at radius 3 is 2.70 bits per heavy atom. The Balaban J connectivity index is 1.41. The maximum Gasteiger partial charge on any atom is 0.416 e. The maximum absolute atomic E-state index is 13.0. The number of piperidine rings is 1. The van der Waals surface area contributed by atoms with E-state index in [1.807, 2.05) is 33.7 Å². The monoisotopic (exact) mass is 430 g/mol. The number of benzene rings is 1. The van der Waals surface area contributed by atoms with Gasteiger partial charge in [-0.05, 0) is 54.8 Å². The molecule has 0 N–H and O–H groups in total. The first-order valence-corrected chi connectivity index (χ1v) is 11.4. The van der Waals surface area contributed by atoms with Gasteiger partial charge in [-0.3, -0.25) is 0 Å². The Bertz CT molecular complexity index is 858. The molecule has 7 heteroatoms. The summed E-state index contributed by atoms with van der Waals surface area (Å²) in [4.78, 5) is 21.6. The number of imidazole rings is 1. The quantitative estimate of drug-likeness (QED) is 0.586. The summed E-state index contributed by atoms with van der Waals surface area (Å²) in [5, 5.41) is 0.678. The van der Waals surface area contributed by atoms with Gasteiger partial charge in [-0.1, -0.05) is 37.6 Å². The number of carbonyl (C=O) groups excluding carboxylic acids is 1. The Morgan fingerprint density at radius 2 is 2.00 bits per heavy atom. The van der Waals surface area contributed by atoms with Crippen molar-refractivity contribution < 1.29 is 9.53 Å². The summed E-state index contributed by atoms with van der Waals surface area (Å²) in [5.74, 6) is 2.32. The van der Waals surface area contributed by atoms with Gasteiger partial charge in [0, 0.05) is 37.7 Å². The minimum Gasteiger partial charge on any atom is -0.389 e. The van der Waals surface area contributed by atoms with Crippen LogP contribution in [0.25, 0.3) is 0 Å². The lowest BCUT2D eigenvalue weighted by atomic mass is 10.2. The molecule has 2 atom stereocenters. The second kappa shape index (κ2) is 9.40. The highest BCUT2D eigenvalue weighted by molar-refractivity contribution is 6.30. The molecule has 2 aliphatic rings. The van der Waals surface area contributed by atoms with Gasteiger partial charge in [0.15, 0.2) is 0 Å². The zero-order valence-corrected chi connectivity index (χ0v) is 18.6. The van der Waals surface area contributed by atoms with E-state index in [1.54, 1.807) is 12.5 Å². The fourth-order valence-corrected chi connectivity index (χ4v) is 4.96. The number of rotatable bonds is 9. The number of aryl methyl sites for hydroxylation is 1. The summed E-state index contributed by atoms with van der Waals surface area (Å²) in [7, 11) is 0. The van der Waals surface area contributed by atoms with E-state index in [0.29, 0.717) is 35.2 Å². The molecule has 2 heterocycles. The van der Waals surface area contributed by atoms with Gasteiger partial charge in [-0.15, -0.1) is 0 Å². The highest BCUT2D eigenvalue weighted by Gasteiger charge is 2.55. The van der Waals surface area contributed by atoms with Crippen molar-refractivity contribution in [3.05, 3.63) is 47.4 Å². The van der Waals surface area contributed by atoms with Crippen LogP contribution in [0.4, 0.5) is 4.79 Å². The van der Waals surface area contributed by atoms with Crippen LogP contribution in [0.15, 0.2) is 36.8 Å². The van der Waals surface area contributed by atoms with Crippen LogP contribution in [0.5, 0.6) is 5.88 Å². The van der Waals surface area contributed by atoms with Gasteiger partial charge >= 0.3 is 6.09 Å². The maximum atomic E-state index is 13.0. The second-order valence-electron chi connectivity index (χ2n) is 8.58. The molecule has 162 valence electrons. The molecule has 1 amide bonds. The Morgan fingerprint density at radius 1 is 1.23 bits per heavy atom. The van der Waals surface area contributed by atoms with Crippen molar-refractivity contribution in [1.29, 1.82) is 0 Å². The summed E-state index contributed by atoms with van der Waals surface area (Å²) >= 11 is 6.16. The largest absolute Gasteiger partial charge is 0.416 e. The van der Waals surface area contributed by atoms with Gasteiger partial charge in [-0.25, -0.2) is 9.78 Å². The van der Waals surface area contributed by atoms with Crippen LogP contribution < -0.4 is 4.74 Å². The molecule has 30 heavy (non-hydrogen) atoms. The van der Waals surface area contributed by atoms with Gasteiger partial charge in [0.1, 0.15) is 0 Å². The van der Waals surface area contributed by atoms with E-state index in [1.165, 1.54) is 13.0 Å². The van der Waals surface area contributed by atoms with Gasteiger partial charge in [0.2, 0.25) is 5.88 Å². The summed E-state index contributed by atoms with van der Waals surface area (Å²) in [6, 6.07) is 7.68. The molecular formula is C23H31ClN4O2. The van der Waals surface area contributed by atoms with Gasteiger partial charge < -0.3 is 19.1 Å². The molecule has 6 nitrogen and oxygen atoms in total. The normalized spacial score (nSPS) is 22.7. The Labute approximate surface area is 183 Å². The van der Waals surface area contributed by atoms with Crippen LogP contribution in [0, 0.1) is 17.8 Å². The van der Waals surface area contributed by atoms with E-state index in [9.17, 15) is 4.79 Å². The fraction of sp³-hybridized carbons (Fsp3) is 0.565. The third-order valence-corrected chi connectivity index (χ3v) is 6.46. The molecule has 2 fully saturated rings. The van der Waals surface area contributed by atoms with Crippen LogP contribution in [0.3, 0.4) is 0 Å². The van der Waals surface area contributed by atoms with Crippen molar-refractivity contribution in [2.24, 2.45) is 17.8 Å². The molecule has 2 unspecified atom stereocenters. The minimum absolute atomic E-state index is 0.341. The standard InChI is InChI=1S/C23H31ClN4O2/c1-3-8-26-12-19-20(13-26)21(19)14-28(11-17-6-5-7-18(24)10-17)23(29)30-22-15-27(9-4-2)16-25-22/h5-7,10,15-16,19-21H,3-4,8-9,11-14H2,1-2H3. The fourth-order valence-electron chi connectivity index (χ4n) is 4.75. The lowest BCUT2D eigenvalue weighted by Gasteiger charge is -2.24. The van der Waals surface area contributed by atoms with E-state index in [0.717, 1.165) is 38.2 Å². The number of ether oxygens (including phenoxy) is 1. The van der Waals surface area contributed by atoms with Crippen molar-refractivity contribution in [3.8, 4) is 5.88 Å². The lowest BCUT2D eigenvalue weighted by molar-refractivity contribution is 0.141. The summed E-state index contributed by atoms with van der Waals surface area (Å²) in [6.07, 6.45) is 5.35. The van der Waals surface area contributed by atoms with E-state index in [-0.39, 0.29) is 6.09 Å². The van der Waals surface area contributed by atoms with Crippen LogP contribution >= 0.6 is 11.6 Å². The number of halogens is 1. The average Bonchev–Trinajstić information content (AvgIpc) is 3.05. The molecule has 1 aliphatic heterocycles. The first-order chi connectivity index (χ1) is 14.6. The number of amides is 1. The predicted octanol–water partition coefficient (Wildman–Crippen LogP) is 4.54. The number of hydrogen-bond donors (Lipinski definition) is 0. The zero-order chi connectivity index (χ0) is 21.1.